The second-order valence-corrected chi connectivity index (χ2v) is 4.74. The summed E-state index contributed by atoms with van der Waals surface area (Å²) in [6.07, 6.45) is 3.79. The third kappa shape index (κ3) is 4.13. The van der Waals surface area contributed by atoms with E-state index in [2.05, 4.69) is 25.8 Å². The van der Waals surface area contributed by atoms with Crippen molar-refractivity contribution in [2.45, 2.75) is 6.42 Å². The van der Waals surface area contributed by atoms with Gasteiger partial charge in [0, 0.05) is 31.0 Å². The summed E-state index contributed by atoms with van der Waals surface area (Å²) in [5.74, 6) is 0.880. The van der Waals surface area contributed by atoms with E-state index in [0.717, 1.165) is 11.3 Å². The van der Waals surface area contributed by atoms with Crippen LogP contribution in [-0.4, -0.2) is 27.8 Å². The number of para-hydroxylation sites is 1. The van der Waals surface area contributed by atoms with E-state index in [1.807, 2.05) is 36.4 Å². The number of carbonyl (C=O) groups excluding carboxylic acids is 1. The Hall–Kier alpha value is -3.22. The number of aromatic nitrogens is 3. The Bertz CT molecular complexity index is 758. The molecule has 0 saturated carbocycles. The molecule has 0 aliphatic rings. The Morgan fingerprint density at radius 3 is 2.74 bits per heavy atom. The summed E-state index contributed by atoms with van der Waals surface area (Å²) in [4.78, 5) is 15.7. The van der Waals surface area contributed by atoms with Gasteiger partial charge in [-0.2, -0.15) is 0 Å². The molecule has 0 saturated heterocycles. The van der Waals surface area contributed by atoms with Crippen LogP contribution in [0.3, 0.4) is 0 Å². The summed E-state index contributed by atoms with van der Waals surface area (Å²) < 4.78 is 5.54. The molecule has 0 aliphatic carbocycles. The minimum absolute atomic E-state index is 0.275. The minimum atomic E-state index is -0.275. The molecule has 0 aliphatic heterocycles. The number of urea groups is 1. The molecule has 0 bridgehead atoms. The monoisotopic (exact) mass is 309 g/mol. The first kappa shape index (κ1) is 14.7. The molecule has 23 heavy (non-hydrogen) atoms. The molecule has 116 valence electrons. The molecule has 0 unspecified atom stereocenters. The second kappa shape index (κ2) is 7.17. The van der Waals surface area contributed by atoms with Gasteiger partial charge in [0.05, 0.1) is 5.56 Å². The van der Waals surface area contributed by atoms with Gasteiger partial charge in [0.15, 0.2) is 0 Å². The molecule has 1 aromatic carbocycles. The van der Waals surface area contributed by atoms with Crippen LogP contribution in [0, 0.1) is 0 Å². The van der Waals surface area contributed by atoms with Crippen LogP contribution in [0.15, 0.2) is 59.3 Å². The Labute approximate surface area is 132 Å². The summed E-state index contributed by atoms with van der Waals surface area (Å²) in [5, 5.41) is 13.4. The van der Waals surface area contributed by atoms with Crippen LogP contribution in [0.2, 0.25) is 0 Å². The van der Waals surface area contributed by atoms with E-state index in [1.165, 1.54) is 0 Å². The number of carbonyl (C=O) groups is 1. The highest BCUT2D eigenvalue weighted by atomic mass is 16.4. The van der Waals surface area contributed by atoms with Crippen LogP contribution >= 0.6 is 0 Å². The van der Waals surface area contributed by atoms with Crippen molar-refractivity contribution in [3.63, 3.8) is 0 Å². The molecule has 0 spiro atoms. The maximum atomic E-state index is 11.7. The van der Waals surface area contributed by atoms with E-state index in [1.54, 1.807) is 18.5 Å². The van der Waals surface area contributed by atoms with Gasteiger partial charge < -0.3 is 15.1 Å². The molecule has 0 radical (unpaired) electrons. The van der Waals surface area contributed by atoms with E-state index in [9.17, 15) is 4.79 Å². The number of hydrogen-bond donors (Lipinski definition) is 2. The lowest BCUT2D eigenvalue weighted by atomic mass is 10.3. The van der Waals surface area contributed by atoms with Gasteiger partial charge in [0.2, 0.25) is 11.8 Å². The highest BCUT2D eigenvalue weighted by molar-refractivity contribution is 5.89. The lowest BCUT2D eigenvalue weighted by Gasteiger charge is -2.05. The van der Waals surface area contributed by atoms with Crippen molar-refractivity contribution in [1.29, 1.82) is 0 Å². The van der Waals surface area contributed by atoms with E-state index < -0.39 is 0 Å². The van der Waals surface area contributed by atoms with Gasteiger partial charge in [-0.25, -0.2) is 4.79 Å². The number of hydrogen-bond acceptors (Lipinski definition) is 5. The van der Waals surface area contributed by atoms with Crippen molar-refractivity contribution in [2.24, 2.45) is 0 Å². The number of amides is 2. The predicted molar refractivity (Wildman–Crippen MR) is 84.7 cm³/mol. The normalized spacial score (nSPS) is 10.3. The molecule has 0 atom stereocenters. The number of nitrogens with zero attached hydrogens (tertiary/aromatic N) is 3. The number of rotatable bonds is 5. The van der Waals surface area contributed by atoms with Crippen LogP contribution in [0.25, 0.3) is 11.5 Å². The number of nitrogens with one attached hydrogen (secondary N) is 2. The molecule has 2 amide bonds. The summed E-state index contributed by atoms with van der Waals surface area (Å²) in [6.45, 7) is 0.396. The Morgan fingerprint density at radius 1 is 1.09 bits per heavy atom. The molecule has 2 heterocycles. The SMILES string of the molecule is O=C(NCCc1nnc(-c2cccnc2)o1)Nc1ccccc1. The quantitative estimate of drug-likeness (QED) is 0.755. The van der Waals surface area contributed by atoms with Gasteiger partial charge in [-0.1, -0.05) is 18.2 Å². The highest BCUT2D eigenvalue weighted by Crippen LogP contribution is 2.15. The predicted octanol–water partition coefficient (Wildman–Crippen LogP) is 2.50. The zero-order chi connectivity index (χ0) is 15.9. The first-order valence-electron chi connectivity index (χ1n) is 7.14. The maximum Gasteiger partial charge on any atom is 0.319 e. The zero-order valence-electron chi connectivity index (χ0n) is 12.3. The molecule has 3 aromatic rings. The smallest absolute Gasteiger partial charge is 0.319 e. The van der Waals surface area contributed by atoms with Crippen molar-refractivity contribution in [1.82, 2.24) is 20.5 Å². The minimum Gasteiger partial charge on any atom is -0.421 e. The molecular weight excluding hydrogens is 294 g/mol. The van der Waals surface area contributed by atoms with Gasteiger partial charge in [0.1, 0.15) is 0 Å². The number of benzene rings is 1. The van der Waals surface area contributed by atoms with Gasteiger partial charge in [-0.15, -0.1) is 10.2 Å². The van der Waals surface area contributed by atoms with Crippen LogP contribution in [0.1, 0.15) is 5.89 Å². The van der Waals surface area contributed by atoms with E-state index in [4.69, 9.17) is 4.42 Å². The van der Waals surface area contributed by atoms with E-state index >= 15 is 0 Å². The van der Waals surface area contributed by atoms with Gasteiger partial charge in [-0.05, 0) is 24.3 Å². The average molecular weight is 309 g/mol. The van der Waals surface area contributed by atoms with Crippen LogP contribution < -0.4 is 10.6 Å². The van der Waals surface area contributed by atoms with Gasteiger partial charge in [-0.3, -0.25) is 4.98 Å². The summed E-state index contributed by atoms with van der Waals surface area (Å²) in [5.41, 5.74) is 1.50. The van der Waals surface area contributed by atoms with Crippen LogP contribution in [0.4, 0.5) is 10.5 Å². The third-order valence-electron chi connectivity index (χ3n) is 3.03. The Morgan fingerprint density at radius 2 is 1.96 bits per heavy atom. The number of pyridine rings is 1. The molecule has 7 heteroatoms. The van der Waals surface area contributed by atoms with Crippen molar-refractivity contribution < 1.29 is 9.21 Å². The highest BCUT2D eigenvalue weighted by Gasteiger charge is 2.09. The van der Waals surface area contributed by atoms with E-state index in [0.29, 0.717) is 24.7 Å². The maximum absolute atomic E-state index is 11.7. The summed E-state index contributed by atoms with van der Waals surface area (Å²) in [7, 11) is 0. The van der Waals surface area contributed by atoms with Gasteiger partial charge in [0.25, 0.3) is 0 Å². The van der Waals surface area contributed by atoms with Crippen molar-refractivity contribution in [3.8, 4) is 11.5 Å². The molecule has 2 aromatic heterocycles. The molecular formula is C16H15N5O2. The van der Waals surface area contributed by atoms with Gasteiger partial charge >= 0.3 is 6.03 Å². The molecule has 2 N–H and O–H groups in total. The zero-order valence-corrected chi connectivity index (χ0v) is 12.3. The molecule has 0 fully saturated rings. The first-order valence-corrected chi connectivity index (χ1v) is 7.14. The molecule has 7 nitrogen and oxygen atoms in total. The van der Waals surface area contributed by atoms with Crippen molar-refractivity contribution in [2.75, 3.05) is 11.9 Å². The average Bonchev–Trinajstić information content (AvgIpc) is 3.05. The fourth-order valence-electron chi connectivity index (χ4n) is 1.94. The lowest BCUT2D eigenvalue weighted by Crippen LogP contribution is -2.30. The van der Waals surface area contributed by atoms with Crippen molar-refractivity contribution in [3.05, 3.63) is 60.7 Å². The Kier molecular flexibility index (Phi) is 4.58. The fourth-order valence-corrected chi connectivity index (χ4v) is 1.94. The summed E-state index contributed by atoms with van der Waals surface area (Å²) in [6, 6.07) is 12.6. The number of anilines is 1. The topological polar surface area (TPSA) is 92.9 Å². The largest absolute Gasteiger partial charge is 0.421 e. The fraction of sp³-hybridized carbons (Fsp3) is 0.125. The standard InChI is InChI=1S/C16H15N5O2/c22-16(19-13-6-2-1-3-7-13)18-10-8-14-20-21-15(23-14)12-5-4-9-17-11-12/h1-7,9,11H,8,10H2,(H2,18,19,22). The molecule has 3 rings (SSSR count). The van der Waals surface area contributed by atoms with Crippen LogP contribution in [0.5, 0.6) is 0 Å². The van der Waals surface area contributed by atoms with Crippen molar-refractivity contribution >= 4 is 11.7 Å². The van der Waals surface area contributed by atoms with Crippen LogP contribution in [-0.2, 0) is 6.42 Å². The summed E-state index contributed by atoms with van der Waals surface area (Å²) >= 11 is 0. The lowest BCUT2D eigenvalue weighted by molar-refractivity contribution is 0.252. The Balaban J connectivity index is 1.48. The second-order valence-electron chi connectivity index (χ2n) is 4.74. The van der Waals surface area contributed by atoms with E-state index in [-0.39, 0.29) is 6.03 Å². The first-order chi connectivity index (χ1) is 11.3. The third-order valence-corrected chi connectivity index (χ3v) is 3.03.